The fraction of sp³-hybridized carbons (Fsp3) is 0.188. The van der Waals surface area contributed by atoms with Gasteiger partial charge in [0.05, 0.1) is 35.8 Å². The van der Waals surface area contributed by atoms with Crippen molar-refractivity contribution in [2.24, 2.45) is 5.73 Å². The number of carbonyl (C=O) groups excluding carboxylic acids is 2. The number of anilines is 2. The number of hydrogen-bond acceptors (Lipinski definition) is 9. The first-order valence-electron chi connectivity index (χ1n) is 13.8. The first-order valence-corrected chi connectivity index (χ1v) is 13.8. The van der Waals surface area contributed by atoms with Gasteiger partial charge in [0.25, 0.3) is 5.91 Å². The average Bonchev–Trinajstić information content (AvgIpc) is 3.38. The van der Waals surface area contributed by atoms with Gasteiger partial charge in [-0.25, -0.2) is 23.7 Å². The molecule has 1 aliphatic heterocycles. The molecule has 0 spiro atoms. The molecule has 0 unspecified atom stereocenters. The van der Waals surface area contributed by atoms with E-state index in [4.69, 9.17) is 10.5 Å². The molecule has 2 amide bonds. The van der Waals surface area contributed by atoms with Gasteiger partial charge in [-0.1, -0.05) is 6.07 Å². The Hall–Kier alpha value is -5.56. The normalized spacial score (nSPS) is 16.8. The molecule has 228 valence electrons. The van der Waals surface area contributed by atoms with Crippen LogP contribution in [0.15, 0.2) is 73.2 Å². The molecule has 0 fully saturated rings. The van der Waals surface area contributed by atoms with Crippen LogP contribution in [0.3, 0.4) is 0 Å². The third-order valence-electron chi connectivity index (χ3n) is 7.71. The summed E-state index contributed by atoms with van der Waals surface area (Å²) < 4.78 is 32.9. The van der Waals surface area contributed by atoms with E-state index in [9.17, 15) is 23.5 Å². The highest BCUT2D eigenvalue weighted by Crippen LogP contribution is 2.45. The number of ether oxygens (including phenoxy) is 1. The molecule has 2 aromatic carbocycles. The van der Waals surface area contributed by atoms with E-state index in [1.807, 2.05) is 0 Å². The number of nitrogens with two attached hydrogens (primary N) is 1. The molecule has 3 aromatic heterocycles. The second-order valence-corrected chi connectivity index (χ2v) is 11.1. The van der Waals surface area contributed by atoms with Crippen LogP contribution in [0.25, 0.3) is 22.2 Å². The van der Waals surface area contributed by atoms with Gasteiger partial charge in [0.2, 0.25) is 11.9 Å². The second kappa shape index (κ2) is 11.2. The lowest BCUT2D eigenvalue weighted by Gasteiger charge is -2.26. The number of hydrogen-bond donors (Lipinski definition) is 4. The highest BCUT2D eigenvalue weighted by atomic mass is 19.1. The molecule has 0 radical (unpaired) electrons. The summed E-state index contributed by atoms with van der Waals surface area (Å²) in [5.74, 6) is -1.78. The summed E-state index contributed by atoms with van der Waals surface area (Å²) in [6.07, 6.45) is 3.61. The van der Waals surface area contributed by atoms with Gasteiger partial charge in [-0.3, -0.25) is 14.6 Å². The highest BCUT2D eigenvalue weighted by Gasteiger charge is 2.45. The van der Waals surface area contributed by atoms with Gasteiger partial charge < -0.3 is 26.2 Å². The molecule has 13 heteroatoms. The van der Waals surface area contributed by atoms with Crippen LogP contribution in [-0.4, -0.2) is 50.0 Å². The molecule has 0 bridgehead atoms. The predicted octanol–water partition coefficient (Wildman–Crippen LogP) is 3.88. The molecule has 0 aliphatic carbocycles. The number of primary amides is 1. The average molecular weight is 612 g/mol. The van der Waals surface area contributed by atoms with Gasteiger partial charge in [-0.05, 0) is 62.4 Å². The summed E-state index contributed by atoms with van der Waals surface area (Å²) >= 11 is 0. The topological polar surface area (TPSA) is 165 Å². The number of halogens is 2. The highest BCUT2D eigenvalue weighted by molar-refractivity contribution is 6.02. The van der Waals surface area contributed by atoms with Crippen LogP contribution in [0.1, 0.15) is 35.5 Å². The number of rotatable bonds is 8. The number of pyridine rings is 2. The van der Waals surface area contributed by atoms with Gasteiger partial charge >= 0.3 is 0 Å². The Morgan fingerprint density at radius 2 is 1.80 bits per heavy atom. The lowest BCUT2D eigenvalue weighted by atomic mass is 9.82. The van der Waals surface area contributed by atoms with Gasteiger partial charge in [0, 0.05) is 28.3 Å². The fourth-order valence-electron chi connectivity index (χ4n) is 5.03. The van der Waals surface area contributed by atoms with E-state index in [0.717, 1.165) is 12.4 Å². The Morgan fingerprint density at radius 3 is 2.51 bits per heavy atom. The van der Waals surface area contributed by atoms with E-state index < -0.39 is 34.5 Å². The Morgan fingerprint density at radius 1 is 1.07 bits per heavy atom. The number of nitrogens with one attached hydrogen (secondary N) is 2. The first kappa shape index (κ1) is 29.5. The lowest BCUT2D eigenvalue weighted by Crippen LogP contribution is -2.41. The Labute approximate surface area is 255 Å². The number of benzene rings is 2. The molecular weight excluding hydrogens is 584 g/mol. The number of fused-ring (bicyclic) bond motifs is 2. The van der Waals surface area contributed by atoms with E-state index in [1.54, 1.807) is 43.5 Å². The van der Waals surface area contributed by atoms with Crippen LogP contribution in [0, 0.1) is 11.6 Å². The summed E-state index contributed by atoms with van der Waals surface area (Å²) in [6, 6.07) is 13.8. The van der Waals surface area contributed by atoms with Crippen molar-refractivity contribution < 1.29 is 28.2 Å². The van der Waals surface area contributed by atoms with Gasteiger partial charge in [0.15, 0.2) is 5.82 Å². The van der Waals surface area contributed by atoms with Gasteiger partial charge in [-0.2, -0.15) is 0 Å². The summed E-state index contributed by atoms with van der Waals surface area (Å²) in [4.78, 5) is 42.8. The summed E-state index contributed by atoms with van der Waals surface area (Å²) in [6.45, 7) is 2.79. The number of aliphatic hydroxyl groups is 1. The second-order valence-electron chi connectivity index (χ2n) is 11.1. The van der Waals surface area contributed by atoms with Crippen molar-refractivity contribution in [1.29, 1.82) is 0 Å². The Balaban J connectivity index is 1.32. The van der Waals surface area contributed by atoms with Gasteiger partial charge in [0.1, 0.15) is 34.9 Å². The van der Waals surface area contributed by atoms with Crippen molar-refractivity contribution in [3.63, 3.8) is 0 Å². The van der Waals surface area contributed by atoms with Crippen molar-refractivity contribution in [3.8, 4) is 17.0 Å². The summed E-state index contributed by atoms with van der Waals surface area (Å²) in [5.41, 5.74) is 5.32. The standard InChI is InChI=1S/C32H27F2N7O4/c1-31(29(35)43)16-45-27-22(31)12-24(41-26(27)17-5-7-20(33)8-6-17)32(2,44)15-39-28(42)19-10-18-4-3-9-36-25(18)23(11-19)40-30-37-13-21(34)14-38-30/h3-14,44H,15-16H2,1-2H3,(H2,35,43)(H,39,42)(H,37,38,40)/t31-,32-/m0/s1. The van der Waals surface area contributed by atoms with Crippen LogP contribution in [0.4, 0.5) is 20.4 Å². The zero-order valence-corrected chi connectivity index (χ0v) is 24.1. The maximum atomic E-state index is 13.7. The van der Waals surface area contributed by atoms with Crippen LogP contribution < -0.4 is 21.1 Å². The van der Waals surface area contributed by atoms with Crippen molar-refractivity contribution in [1.82, 2.24) is 25.3 Å². The van der Waals surface area contributed by atoms with E-state index in [2.05, 4.69) is 30.6 Å². The molecule has 2 atom stereocenters. The lowest BCUT2D eigenvalue weighted by molar-refractivity contribution is -0.123. The number of amides is 2. The molecule has 0 saturated carbocycles. The molecular formula is C32H27F2N7O4. The molecule has 45 heavy (non-hydrogen) atoms. The molecule has 1 aliphatic rings. The largest absolute Gasteiger partial charge is 0.489 e. The third kappa shape index (κ3) is 5.60. The molecule has 5 aromatic rings. The van der Waals surface area contributed by atoms with E-state index in [1.165, 1.54) is 31.2 Å². The number of nitrogens with zero attached hydrogens (tertiary/aromatic N) is 4. The number of aromatic nitrogens is 4. The minimum atomic E-state index is -1.73. The molecule has 11 nitrogen and oxygen atoms in total. The zero-order valence-electron chi connectivity index (χ0n) is 24.1. The van der Waals surface area contributed by atoms with Crippen molar-refractivity contribution in [3.05, 3.63) is 102 Å². The number of carbonyl (C=O) groups is 2. The van der Waals surface area contributed by atoms with Crippen molar-refractivity contribution >= 4 is 34.4 Å². The van der Waals surface area contributed by atoms with Crippen LogP contribution in [0.5, 0.6) is 5.75 Å². The van der Waals surface area contributed by atoms with Crippen LogP contribution in [0.2, 0.25) is 0 Å². The predicted molar refractivity (Wildman–Crippen MR) is 161 cm³/mol. The molecule has 5 N–H and O–H groups in total. The monoisotopic (exact) mass is 611 g/mol. The van der Waals surface area contributed by atoms with E-state index in [0.29, 0.717) is 39.2 Å². The SMILES string of the molecule is C[C@](O)(CNC(=O)c1cc(Nc2ncc(F)cn2)c2ncccc2c1)c1cc2c(c(-c3ccc(F)cc3)n1)OC[C@]2(C)C(N)=O. The van der Waals surface area contributed by atoms with E-state index >= 15 is 0 Å². The summed E-state index contributed by atoms with van der Waals surface area (Å²) in [5, 5.41) is 18.0. The smallest absolute Gasteiger partial charge is 0.251 e. The van der Waals surface area contributed by atoms with Crippen molar-refractivity contribution in [2.45, 2.75) is 24.9 Å². The molecule has 4 heterocycles. The Kier molecular flexibility index (Phi) is 7.33. The maximum absolute atomic E-state index is 13.7. The zero-order chi connectivity index (χ0) is 31.9. The van der Waals surface area contributed by atoms with E-state index in [-0.39, 0.29) is 30.4 Å². The molecule has 6 rings (SSSR count). The summed E-state index contributed by atoms with van der Waals surface area (Å²) in [7, 11) is 0. The minimum Gasteiger partial charge on any atom is -0.489 e. The quantitative estimate of drug-likeness (QED) is 0.204. The Bertz CT molecular complexity index is 1950. The molecule has 0 saturated heterocycles. The van der Waals surface area contributed by atoms with Crippen LogP contribution in [-0.2, 0) is 15.8 Å². The maximum Gasteiger partial charge on any atom is 0.251 e. The first-order chi connectivity index (χ1) is 21.4. The van der Waals surface area contributed by atoms with Crippen LogP contribution >= 0.6 is 0 Å². The van der Waals surface area contributed by atoms with Gasteiger partial charge in [-0.15, -0.1) is 0 Å². The fourth-order valence-corrected chi connectivity index (χ4v) is 5.03. The van der Waals surface area contributed by atoms with Crippen molar-refractivity contribution in [2.75, 3.05) is 18.5 Å². The minimum absolute atomic E-state index is 0.0357. The third-order valence-corrected chi connectivity index (χ3v) is 7.71.